The van der Waals surface area contributed by atoms with Crippen LogP contribution in [0.2, 0.25) is 0 Å². The summed E-state index contributed by atoms with van der Waals surface area (Å²) in [6, 6.07) is 18.1. The number of ketones is 1. The van der Waals surface area contributed by atoms with E-state index in [1.807, 2.05) is 73.1 Å². The van der Waals surface area contributed by atoms with Crippen molar-refractivity contribution in [1.82, 2.24) is 9.78 Å². The number of benzene rings is 2. The topological polar surface area (TPSA) is 173 Å². The second-order valence-electron chi connectivity index (χ2n) is 9.39. The van der Waals surface area contributed by atoms with Gasteiger partial charge in [-0.25, -0.2) is 4.68 Å². The van der Waals surface area contributed by atoms with Gasteiger partial charge in [0.15, 0.2) is 5.78 Å². The molecular formula is C30H42N8O. The lowest BCUT2D eigenvalue weighted by Crippen LogP contribution is -2.16. The summed E-state index contributed by atoms with van der Waals surface area (Å²) in [7, 11) is 0. The van der Waals surface area contributed by atoms with Crippen LogP contribution in [-0.2, 0) is 4.79 Å². The van der Waals surface area contributed by atoms with Gasteiger partial charge in [0.1, 0.15) is 23.2 Å². The van der Waals surface area contributed by atoms with Crippen molar-refractivity contribution >= 4 is 34.6 Å². The second-order valence-corrected chi connectivity index (χ2v) is 9.39. The first-order valence-corrected chi connectivity index (χ1v) is 13.3. The zero-order valence-corrected chi connectivity index (χ0v) is 23.4. The third kappa shape index (κ3) is 8.84. The zero-order chi connectivity index (χ0) is 28.9. The van der Waals surface area contributed by atoms with Crippen molar-refractivity contribution in [3.8, 4) is 11.3 Å². The summed E-state index contributed by atoms with van der Waals surface area (Å²) in [5, 5.41) is 22.9. The summed E-state index contributed by atoms with van der Waals surface area (Å²) < 4.78 is 1.84. The number of amidine groups is 2. The van der Waals surface area contributed by atoms with Gasteiger partial charge in [-0.2, -0.15) is 5.10 Å². The maximum absolute atomic E-state index is 11.0. The number of hydrogen-bond acceptors (Lipinski definition) is 6. The highest BCUT2D eigenvalue weighted by Crippen LogP contribution is 2.32. The Bertz CT molecular complexity index is 1260. The molecule has 2 unspecified atom stereocenters. The molecule has 9 N–H and O–H groups in total. The highest BCUT2D eigenvalue weighted by Gasteiger charge is 2.23. The van der Waals surface area contributed by atoms with Gasteiger partial charge in [0.05, 0.1) is 11.6 Å². The third-order valence-corrected chi connectivity index (χ3v) is 6.40. The molecule has 0 saturated heterocycles. The van der Waals surface area contributed by atoms with Crippen molar-refractivity contribution in [1.29, 1.82) is 10.8 Å². The van der Waals surface area contributed by atoms with E-state index in [4.69, 9.17) is 33.1 Å². The van der Waals surface area contributed by atoms with E-state index < -0.39 is 0 Å². The number of aromatic nitrogens is 2. The Morgan fingerprint density at radius 1 is 0.974 bits per heavy atom. The molecule has 0 aliphatic rings. The summed E-state index contributed by atoms with van der Waals surface area (Å²) in [5.41, 5.74) is 21.3. The number of nitrogen functional groups attached to an aromatic ring is 2. The maximum atomic E-state index is 11.0. The van der Waals surface area contributed by atoms with Crippen LogP contribution < -0.4 is 22.5 Å². The molecule has 0 fully saturated rings. The number of hydrogen-bond donors (Lipinski definition) is 6. The monoisotopic (exact) mass is 530 g/mol. The molecule has 0 aliphatic carbocycles. The fraction of sp³-hybridized carbons (Fsp3) is 0.333. The van der Waals surface area contributed by atoms with Crippen LogP contribution in [0.4, 0.5) is 17.2 Å². The molecule has 0 radical (unpaired) electrons. The van der Waals surface area contributed by atoms with Gasteiger partial charge in [0, 0.05) is 22.9 Å². The smallest absolute Gasteiger partial charge is 0.158 e. The van der Waals surface area contributed by atoms with E-state index in [0.717, 1.165) is 42.6 Å². The van der Waals surface area contributed by atoms with Crippen molar-refractivity contribution in [3.63, 3.8) is 0 Å². The largest absolute Gasteiger partial charge is 0.384 e. The summed E-state index contributed by atoms with van der Waals surface area (Å²) in [6.45, 7) is 8.07. The number of rotatable bonds is 12. The lowest BCUT2D eigenvalue weighted by Gasteiger charge is -2.16. The minimum atomic E-state index is -0.0818. The Labute approximate surface area is 231 Å². The van der Waals surface area contributed by atoms with Crippen molar-refractivity contribution in [3.05, 3.63) is 72.3 Å². The predicted molar refractivity (Wildman–Crippen MR) is 163 cm³/mol. The highest BCUT2D eigenvalue weighted by molar-refractivity contribution is 6.05. The van der Waals surface area contributed by atoms with E-state index in [9.17, 15) is 4.79 Å². The van der Waals surface area contributed by atoms with Crippen molar-refractivity contribution < 1.29 is 4.79 Å². The quantitative estimate of drug-likeness (QED) is 0.0950. The number of nitrogens with two attached hydrogens (primary N) is 3. The molecule has 0 saturated carbocycles. The molecule has 39 heavy (non-hydrogen) atoms. The lowest BCUT2D eigenvalue weighted by atomic mass is 10.0. The average Bonchev–Trinajstić information content (AvgIpc) is 3.28. The lowest BCUT2D eigenvalue weighted by molar-refractivity contribution is -0.117. The Kier molecular flexibility index (Phi) is 11.9. The summed E-state index contributed by atoms with van der Waals surface area (Å²) in [6.07, 6.45) is 6.45. The molecule has 9 heteroatoms. The number of nitrogens with one attached hydrogen (secondary N) is 3. The molecule has 208 valence electrons. The van der Waals surface area contributed by atoms with Gasteiger partial charge in [-0.15, -0.1) is 0 Å². The molecule has 2 aromatic carbocycles. The van der Waals surface area contributed by atoms with Gasteiger partial charge in [0.2, 0.25) is 0 Å². The van der Waals surface area contributed by atoms with Gasteiger partial charge < -0.3 is 22.5 Å². The van der Waals surface area contributed by atoms with Gasteiger partial charge in [-0.3, -0.25) is 15.6 Å². The first-order chi connectivity index (χ1) is 18.6. The van der Waals surface area contributed by atoms with Crippen LogP contribution in [0.5, 0.6) is 0 Å². The van der Waals surface area contributed by atoms with Crippen LogP contribution in [0.15, 0.2) is 66.7 Å². The first-order valence-electron chi connectivity index (χ1n) is 13.3. The Balaban J connectivity index is 0.000000411. The number of carbonyl (C=O) groups excluding carboxylic acids is 1. The number of allylic oxidation sites excluding steroid dienone is 1. The van der Waals surface area contributed by atoms with Crippen molar-refractivity contribution in [2.45, 2.75) is 59.4 Å². The van der Waals surface area contributed by atoms with E-state index in [-0.39, 0.29) is 29.4 Å². The minimum absolute atomic E-state index is 0.0303. The highest BCUT2D eigenvalue weighted by atomic mass is 16.1. The Morgan fingerprint density at radius 3 is 2.10 bits per heavy atom. The first kappa shape index (κ1) is 30.8. The molecule has 3 rings (SSSR count). The van der Waals surface area contributed by atoms with Crippen LogP contribution >= 0.6 is 0 Å². The van der Waals surface area contributed by atoms with Crippen molar-refractivity contribution in [2.75, 3.05) is 11.1 Å². The standard InChI is InChI=1S/C22H28N6.C8H14N2O/c1-3-8-18(4-2)28-22(25)19(21(23)24)20(27-28)15-11-13-17(14-12-15)26-16-9-6-5-7-10-16;1-3-6(2)7(11)4-5-8(9)10/h5-7,9-14,18,26H,3-4,8,25H2,1-2H3,(H3,23,24);4-6H,3H2,1-2H3,(H3,9,10)/b;5-4-. The summed E-state index contributed by atoms with van der Waals surface area (Å²) in [5.74, 6) is 0.390. The number of anilines is 3. The molecule has 0 amide bonds. The Hall–Kier alpha value is -4.40. The van der Waals surface area contributed by atoms with Gasteiger partial charge in [-0.1, -0.05) is 64.4 Å². The van der Waals surface area contributed by atoms with E-state index >= 15 is 0 Å². The van der Waals surface area contributed by atoms with Crippen LogP contribution in [0.25, 0.3) is 11.3 Å². The molecule has 0 spiro atoms. The molecule has 9 nitrogen and oxygen atoms in total. The van der Waals surface area contributed by atoms with E-state index in [1.54, 1.807) is 0 Å². The van der Waals surface area contributed by atoms with E-state index in [2.05, 4.69) is 19.2 Å². The van der Waals surface area contributed by atoms with Crippen LogP contribution in [-0.4, -0.2) is 27.2 Å². The minimum Gasteiger partial charge on any atom is -0.384 e. The number of carbonyl (C=O) groups is 1. The number of para-hydroxylation sites is 1. The third-order valence-electron chi connectivity index (χ3n) is 6.40. The normalized spacial score (nSPS) is 12.3. The second kappa shape index (κ2) is 15.1. The molecule has 1 aromatic heterocycles. The Morgan fingerprint density at radius 2 is 1.59 bits per heavy atom. The zero-order valence-electron chi connectivity index (χ0n) is 23.4. The predicted octanol–water partition coefficient (Wildman–Crippen LogP) is 6.00. The molecule has 0 aliphatic heterocycles. The number of nitrogens with zero attached hydrogens (tertiary/aromatic N) is 2. The van der Waals surface area contributed by atoms with Gasteiger partial charge in [0.25, 0.3) is 0 Å². The summed E-state index contributed by atoms with van der Waals surface area (Å²) in [4.78, 5) is 11.0. The molecular weight excluding hydrogens is 488 g/mol. The van der Waals surface area contributed by atoms with E-state index in [0.29, 0.717) is 17.1 Å². The molecule has 0 bridgehead atoms. The van der Waals surface area contributed by atoms with Gasteiger partial charge in [-0.05, 0) is 55.7 Å². The molecule has 2 atom stereocenters. The SMILES string of the molecule is CCC(C)C(=O)/C=C\C(=N)N.CCCC(CC)n1nc(-c2ccc(Nc3ccccc3)cc2)c(C(=N)N)c1N. The fourth-order valence-electron chi connectivity index (χ4n) is 3.96. The van der Waals surface area contributed by atoms with Crippen LogP contribution in [0, 0.1) is 16.7 Å². The summed E-state index contributed by atoms with van der Waals surface area (Å²) >= 11 is 0. The molecule has 3 aromatic rings. The van der Waals surface area contributed by atoms with Crippen LogP contribution in [0.3, 0.4) is 0 Å². The average molecular weight is 531 g/mol. The van der Waals surface area contributed by atoms with Gasteiger partial charge >= 0.3 is 0 Å². The fourth-order valence-corrected chi connectivity index (χ4v) is 3.96. The molecule has 1 heterocycles. The maximum Gasteiger partial charge on any atom is 0.158 e. The van der Waals surface area contributed by atoms with E-state index in [1.165, 1.54) is 12.2 Å². The van der Waals surface area contributed by atoms with Crippen LogP contribution in [0.1, 0.15) is 65.0 Å². The van der Waals surface area contributed by atoms with Crippen molar-refractivity contribution in [2.24, 2.45) is 17.4 Å².